The smallest absolute Gasteiger partial charge is 0.329 e. The quantitative estimate of drug-likeness (QED) is 0.662. The van der Waals surface area contributed by atoms with E-state index in [1.165, 1.54) is 0 Å². The summed E-state index contributed by atoms with van der Waals surface area (Å²) in [5, 5.41) is 11.4. The van der Waals surface area contributed by atoms with Crippen molar-refractivity contribution in [2.45, 2.75) is 12.1 Å². The molecule has 0 fully saturated rings. The van der Waals surface area contributed by atoms with Gasteiger partial charge in [-0.25, -0.2) is 0 Å². The Morgan fingerprint density at radius 3 is 2.50 bits per heavy atom. The Kier molecular flexibility index (Phi) is 2.27. The second kappa shape index (κ2) is 3.05. The SMILES string of the molecule is NCC(c1nn[nH]n1)C(F)(F)F. The number of nitrogens with zero attached hydrogens (tertiary/aromatic N) is 3. The maximum absolute atomic E-state index is 12.1. The summed E-state index contributed by atoms with van der Waals surface area (Å²) >= 11 is 0. The lowest BCUT2D eigenvalue weighted by molar-refractivity contribution is -0.149. The molecule has 12 heavy (non-hydrogen) atoms. The Morgan fingerprint density at radius 1 is 1.50 bits per heavy atom. The van der Waals surface area contributed by atoms with E-state index in [0.29, 0.717) is 0 Å². The van der Waals surface area contributed by atoms with Crippen LogP contribution in [0.15, 0.2) is 0 Å². The van der Waals surface area contributed by atoms with E-state index in [1.54, 1.807) is 0 Å². The number of nitrogens with two attached hydrogens (primary N) is 1. The van der Waals surface area contributed by atoms with Gasteiger partial charge >= 0.3 is 6.18 Å². The van der Waals surface area contributed by atoms with Crippen molar-refractivity contribution in [3.63, 3.8) is 0 Å². The minimum Gasteiger partial charge on any atom is -0.329 e. The van der Waals surface area contributed by atoms with Crippen molar-refractivity contribution in [2.75, 3.05) is 6.54 Å². The minimum atomic E-state index is -4.42. The van der Waals surface area contributed by atoms with E-state index in [9.17, 15) is 13.2 Å². The van der Waals surface area contributed by atoms with Crippen LogP contribution in [0.4, 0.5) is 13.2 Å². The first-order valence-corrected chi connectivity index (χ1v) is 3.06. The predicted molar refractivity (Wildman–Crippen MR) is 32.0 cm³/mol. The number of aromatic amines is 1. The number of nitrogens with one attached hydrogen (secondary N) is 1. The summed E-state index contributed by atoms with van der Waals surface area (Å²) < 4.78 is 36.2. The van der Waals surface area contributed by atoms with E-state index < -0.39 is 24.5 Å². The first-order chi connectivity index (χ1) is 5.55. The van der Waals surface area contributed by atoms with Crippen molar-refractivity contribution in [3.8, 4) is 0 Å². The molecule has 0 bridgehead atoms. The Hall–Kier alpha value is -1.18. The van der Waals surface area contributed by atoms with Crippen LogP contribution in [0.2, 0.25) is 0 Å². The van der Waals surface area contributed by atoms with Gasteiger partial charge < -0.3 is 5.73 Å². The van der Waals surface area contributed by atoms with Crippen LogP contribution in [0.25, 0.3) is 0 Å². The first kappa shape index (κ1) is 8.91. The molecule has 0 saturated carbocycles. The number of hydrogen-bond donors (Lipinski definition) is 2. The van der Waals surface area contributed by atoms with E-state index in [1.807, 2.05) is 5.21 Å². The Bertz CT molecular complexity index is 229. The number of H-pyrrole nitrogens is 1. The van der Waals surface area contributed by atoms with Crippen LogP contribution < -0.4 is 5.73 Å². The van der Waals surface area contributed by atoms with E-state index in [4.69, 9.17) is 5.73 Å². The number of rotatable bonds is 2. The summed E-state index contributed by atoms with van der Waals surface area (Å²) in [5.41, 5.74) is 4.91. The van der Waals surface area contributed by atoms with Gasteiger partial charge in [0.1, 0.15) is 5.92 Å². The fourth-order valence-electron chi connectivity index (χ4n) is 0.703. The zero-order valence-electron chi connectivity index (χ0n) is 5.84. The lowest BCUT2D eigenvalue weighted by Crippen LogP contribution is -2.29. The minimum absolute atomic E-state index is 0.426. The largest absolute Gasteiger partial charge is 0.400 e. The van der Waals surface area contributed by atoms with Crippen molar-refractivity contribution < 1.29 is 13.2 Å². The predicted octanol–water partition coefficient (Wildman–Crippen LogP) is -0.196. The van der Waals surface area contributed by atoms with Crippen molar-refractivity contribution in [3.05, 3.63) is 5.82 Å². The summed E-state index contributed by atoms with van der Waals surface area (Å²) in [6, 6.07) is 0. The van der Waals surface area contributed by atoms with Gasteiger partial charge in [-0.3, -0.25) is 0 Å². The number of tetrazole rings is 1. The molecule has 0 saturated heterocycles. The molecule has 0 aliphatic rings. The van der Waals surface area contributed by atoms with E-state index in [0.717, 1.165) is 0 Å². The van der Waals surface area contributed by atoms with Gasteiger partial charge in [0.2, 0.25) is 0 Å². The molecular formula is C4H6F3N5. The molecule has 1 heterocycles. The zero-order chi connectivity index (χ0) is 9.19. The fourth-order valence-corrected chi connectivity index (χ4v) is 0.703. The highest BCUT2D eigenvalue weighted by molar-refractivity contribution is 4.96. The van der Waals surface area contributed by atoms with Crippen LogP contribution >= 0.6 is 0 Å². The number of halogens is 3. The lowest BCUT2D eigenvalue weighted by Gasteiger charge is -2.13. The standard InChI is InChI=1S/C4H6F3N5/c5-4(6,7)2(1-8)3-9-11-12-10-3/h2H,1,8H2,(H,9,10,11,12). The second-order valence-electron chi connectivity index (χ2n) is 2.10. The third kappa shape index (κ3) is 1.70. The average molecular weight is 181 g/mol. The maximum atomic E-state index is 12.1. The Labute approximate surface area is 65.1 Å². The monoisotopic (exact) mass is 181 g/mol. The van der Waals surface area contributed by atoms with Gasteiger partial charge in [0.15, 0.2) is 5.82 Å². The molecule has 0 spiro atoms. The fraction of sp³-hybridized carbons (Fsp3) is 0.750. The van der Waals surface area contributed by atoms with Crippen LogP contribution in [-0.4, -0.2) is 33.3 Å². The Balaban J connectivity index is 2.84. The van der Waals surface area contributed by atoms with Crippen molar-refractivity contribution in [1.29, 1.82) is 0 Å². The van der Waals surface area contributed by atoms with Gasteiger partial charge in [-0.15, -0.1) is 10.2 Å². The summed E-state index contributed by atoms with van der Waals surface area (Å²) in [4.78, 5) is 0. The highest BCUT2D eigenvalue weighted by atomic mass is 19.4. The van der Waals surface area contributed by atoms with Crippen LogP contribution in [0.1, 0.15) is 11.7 Å². The average Bonchev–Trinajstić information content (AvgIpc) is 2.38. The van der Waals surface area contributed by atoms with Crippen molar-refractivity contribution in [2.24, 2.45) is 5.73 Å². The van der Waals surface area contributed by atoms with E-state index in [-0.39, 0.29) is 0 Å². The number of aromatic nitrogens is 4. The third-order valence-corrected chi connectivity index (χ3v) is 1.30. The number of alkyl halides is 3. The van der Waals surface area contributed by atoms with Gasteiger partial charge in [0.05, 0.1) is 0 Å². The molecular weight excluding hydrogens is 175 g/mol. The highest BCUT2D eigenvalue weighted by Crippen LogP contribution is 2.31. The maximum Gasteiger partial charge on any atom is 0.400 e. The van der Waals surface area contributed by atoms with Crippen LogP contribution in [0, 0.1) is 0 Å². The van der Waals surface area contributed by atoms with Crippen LogP contribution in [0.5, 0.6) is 0 Å². The summed E-state index contributed by atoms with van der Waals surface area (Å²) in [6.45, 7) is -0.580. The second-order valence-corrected chi connectivity index (χ2v) is 2.10. The van der Waals surface area contributed by atoms with E-state index >= 15 is 0 Å². The van der Waals surface area contributed by atoms with Crippen molar-refractivity contribution in [1.82, 2.24) is 20.6 Å². The first-order valence-electron chi connectivity index (χ1n) is 3.06. The molecule has 1 rings (SSSR count). The summed E-state index contributed by atoms with van der Waals surface area (Å²) in [5.74, 6) is -2.26. The molecule has 0 aliphatic carbocycles. The lowest BCUT2D eigenvalue weighted by atomic mass is 10.1. The molecule has 8 heteroatoms. The van der Waals surface area contributed by atoms with Gasteiger partial charge in [0, 0.05) is 6.54 Å². The normalized spacial score (nSPS) is 14.7. The summed E-state index contributed by atoms with van der Waals surface area (Å²) in [7, 11) is 0. The van der Waals surface area contributed by atoms with E-state index in [2.05, 4.69) is 15.4 Å². The molecule has 3 N–H and O–H groups in total. The third-order valence-electron chi connectivity index (χ3n) is 1.30. The highest BCUT2D eigenvalue weighted by Gasteiger charge is 2.42. The van der Waals surface area contributed by atoms with Crippen LogP contribution in [0.3, 0.4) is 0 Å². The van der Waals surface area contributed by atoms with Gasteiger partial charge in [-0.2, -0.15) is 18.4 Å². The number of hydrogen-bond acceptors (Lipinski definition) is 4. The molecule has 1 aromatic rings. The molecule has 5 nitrogen and oxygen atoms in total. The van der Waals surface area contributed by atoms with Gasteiger partial charge in [-0.05, 0) is 0 Å². The molecule has 68 valence electrons. The molecule has 0 aliphatic heterocycles. The summed E-state index contributed by atoms with van der Waals surface area (Å²) in [6.07, 6.45) is -4.42. The zero-order valence-corrected chi connectivity index (χ0v) is 5.84. The molecule has 1 atom stereocenters. The Morgan fingerprint density at radius 2 is 2.17 bits per heavy atom. The van der Waals surface area contributed by atoms with Gasteiger partial charge in [0.25, 0.3) is 0 Å². The molecule has 0 aromatic carbocycles. The topological polar surface area (TPSA) is 80.5 Å². The van der Waals surface area contributed by atoms with Crippen LogP contribution in [-0.2, 0) is 0 Å². The molecule has 0 radical (unpaired) electrons. The van der Waals surface area contributed by atoms with Crippen molar-refractivity contribution >= 4 is 0 Å². The molecule has 1 aromatic heterocycles. The van der Waals surface area contributed by atoms with Gasteiger partial charge in [-0.1, -0.05) is 5.21 Å². The molecule has 1 unspecified atom stereocenters. The molecule has 0 amide bonds.